The number of aromatic nitrogens is 3. The highest BCUT2D eigenvalue weighted by Crippen LogP contribution is 2.21. The standard InChI is InChI=1S/C16H18ClN5O2/c17-12-1-3-13(4-2-12)22-10-14(19-20-22)16(24)21-7-5-11(6-8-21)9-15(18)23/h1-4,10-11H,5-9H2,(H2,18,23). The molecule has 0 saturated carbocycles. The van der Waals surface area contributed by atoms with E-state index >= 15 is 0 Å². The fraction of sp³-hybridized carbons (Fsp3) is 0.375. The lowest BCUT2D eigenvalue weighted by atomic mass is 9.93. The number of nitrogens with zero attached hydrogens (tertiary/aromatic N) is 4. The zero-order valence-electron chi connectivity index (χ0n) is 13.1. The van der Waals surface area contributed by atoms with Gasteiger partial charge >= 0.3 is 0 Å². The Hall–Kier alpha value is -2.41. The average molecular weight is 348 g/mol. The summed E-state index contributed by atoms with van der Waals surface area (Å²) in [6.45, 7) is 1.20. The quantitative estimate of drug-likeness (QED) is 0.909. The van der Waals surface area contributed by atoms with Crippen LogP contribution in [0.3, 0.4) is 0 Å². The molecule has 0 radical (unpaired) electrons. The zero-order valence-corrected chi connectivity index (χ0v) is 13.8. The van der Waals surface area contributed by atoms with E-state index in [2.05, 4.69) is 10.3 Å². The summed E-state index contributed by atoms with van der Waals surface area (Å²) < 4.78 is 1.55. The van der Waals surface area contributed by atoms with Crippen molar-refractivity contribution in [2.75, 3.05) is 13.1 Å². The van der Waals surface area contributed by atoms with Crippen LogP contribution in [0.4, 0.5) is 0 Å². The normalized spacial score (nSPS) is 15.5. The Morgan fingerprint density at radius 3 is 2.50 bits per heavy atom. The Bertz CT molecular complexity index is 735. The maximum Gasteiger partial charge on any atom is 0.276 e. The van der Waals surface area contributed by atoms with E-state index in [0.717, 1.165) is 18.5 Å². The number of nitrogens with two attached hydrogens (primary N) is 1. The molecular formula is C16H18ClN5O2. The number of halogens is 1. The third kappa shape index (κ3) is 3.73. The van der Waals surface area contributed by atoms with Crippen LogP contribution in [0.1, 0.15) is 29.8 Å². The van der Waals surface area contributed by atoms with E-state index < -0.39 is 0 Å². The summed E-state index contributed by atoms with van der Waals surface area (Å²) in [6.07, 6.45) is 3.55. The van der Waals surface area contributed by atoms with Gasteiger partial charge < -0.3 is 10.6 Å². The number of carbonyl (C=O) groups excluding carboxylic acids is 2. The average Bonchev–Trinajstić information content (AvgIpc) is 3.05. The maximum atomic E-state index is 12.5. The molecule has 1 aromatic heterocycles. The third-order valence-corrected chi connectivity index (χ3v) is 4.45. The largest absolute Gasteiger partial charge is 0.370 e. The Morgan fingerprint density at radius 1 is 1.21 bits per heavy atom. The molecule has 0 aliphatic carbocycles. The number of amides is 2. The molecule has 7 nitrogen and oxygen atoms in total. The van der Waals surface area contributed by atoms with Crippen LogP contribution in [0.25, 0.3) is 5.69 Å². The molecule has 8 heteroatoms. The monoisotopic (exact) mass is 347 g/mol. The summed E-state index contributed by atoms with van der Waals surface area (Å²) in [5.74, 6) is -0.172. The molecule has 0 bridgehead atoms. The molecule has 2 aromatic rings. The molecule has 1 fully saturated rings. The van der Waals surface area contributed by atoms with Crippen molar-refractivity contribution < 1.29 is 9.59 Å². The number of likely N-dealkylation sites (tertiary alicyclic amines) is 1. The van der Waals surface area contributed by atoms with E-state index in [4.69, 9.17) is 17.3 Å². The van der Waals surface area contributed by atoms with Gasteiger partial charge in [-0.1, -0.05) is 16.8 Å². The van der Waals surface area contributed by atoms with Crippen molar-refractivity contribution in [3.8, 4) is 5.69 Å². The van der Waals surface area contributed by atoms with E-state index in [1.54, 1.807) is 40.0 Å². The predicted molar refractivity (Wildman–Crippen MR) is 88.8 cm³/mol. The highest BCUT2D eigenvalue weighted by Gasteiger charge is 2.26. The number of carbonyl (C=O) groups is 2. The molecule has 2 N–H and O–H groups in total. The van der Waals surface area contributed by atoms with E-state index in [-0.39, 0.29) is 17.7 Å². The van der Waals surface area contributed by atoms with Gasteiger partial charge in [-0.05, 0) is 43.0 Å². The van der Waals surface area contributed by atoms with Crippen molar-refractivity contribution in [2.24, 2.45) is 11.7 Å². The van der Waals surface area contributed by atoms with Crippen molar-refractivity contribution in [1.29, 1.82) is 0 Å². The second kappa shape index (κ2) is 7.00. The predicted octanol–water partition coefficient (Wildman–Crippen LogP) is 1.65. The van der Waals surface area contributed by atoms with E-state index in [0.29, 0.717) is 30.2 Å². The summed E-state index contributed by atoms with van der Waals surface area (Å²) in [7, 11) is 0. The minimum Gasteiger partial charge on any atom is -0.370 e. The lowest BCUT2D eigenvalue weighted by molar-refractivity contribution is -0.119. The Morgan fingerprint density at radius 2 is 1.88 bits per heavy atom. The highest BCUT2D eigenvalue weighted by atomic mass is 35.5. The Balaban J connectivity index is 1.64. The van der Waals surface area contributed by atoms with Crippen molar-refractivity contribution in [3.63, 3.8) is 0 Å². The van der Waals surface area contributed by atoms with Gasteiger partial charge in [0.25, 0.3) is 5.91 Å². The summed E-state index contributed by atoms with van der Waals surface area (Å²) >= 11 is 5.86. The topological polar surface area (TPSA) is 94.1 Å². The molecule has 126 valence electrons. The van der Waals surface area contributed by atoms with E-state index in [1.165, 1.54) is 0 Å². The molecule has 1 aliphatic rings. The lowest BCUT2D eigenvalue weighted by Crippen LogP contribution is -2.39. The van der Waals surface area contributed by atoms with Crippen LogP contribution in [0.15, 0.2) is 30.5 Å². The Kier molecular flexibility index (Phi) is 4.80. The van der Waals surface area contributed by atoms with Gasteiger partial charge in [0.05, 0.1) is 11.9 Å². The van der Waals surface area contributed by atoms with Gasteiger partial charge in [0.1, 0.15) is 0 Å². The van der Waals surface area contributed by atoms with Gasteiger partial charge in [-0.15, -0.1) is 5.10 Å². The number of rotatable bonds is 4. The highest BCUT2D eigenvalue weighted by molar-refractivity contribution is 6.30. The number of hydrogen-bond acceptors (Lipinski definition) is 4. The van der Waals surface area contributed by atoms with Crippen molar-refractivity contribution in [2.45, 2.75) is 19.3 Å². The van der Waals surface area contributed by atoms with Gasteiger partial charge in [-0.25, -0.2) is 4.68 Å². The molecular weight excluding hydrogens is 330 g/mol. The minimum absolute atomic E-state index is 0.146. The molecule has 24 heavy (non-hydrogen) atoms. The van der Waals surface area contributed by atoms with Gasteiger partial charge in [0, 0.05) is 24.5 Å². The van der Waals surface area contributed by atoms with Crippen LogP contribution in [0, 0.1) is 5.92 Å². The Labute approximate surface area is 144 Å². The first-order valence-electron chi connectivity index (χ1n) is 7.79. The second-order valence-electron chi connectivity index (χ2n) is 5.93. The molecule has 1 aromatic carbocycles. The molecule has 0 atom stereocenters. The molecule has 1 saturated heterocycles. The molecule has 2 amide bonds. The second-order valence-corrected chi connectivity index (χ2v) is 6.37. The van der Waals surface area contributed by atoms with Crippen LogP contribution in [-0.2, 0) is 4.79 Å². The van der Waals surface area contributed by atoms with Crippen LogP contribution in [0.5, 0.6) is 0 Å². The maximum absolute atomic E-state index is 12.5. The number of benzene rings is 1. The van der Waals surface area contributed by atoms with Gasteiger partial charge in [-0.2, -0.15) is 0 Å². The minimum atomic E-state index is -0.286. The molecule has 0 spiro atoms. The van der Waals surface area contributed by atoms with E-state index in [1.807, 2.05) is 0 Å². The van der Waals surface area contributed by atoms with Gasteiger partial charge in [-0.3, -0.25) is 9.59 Å². The SMILES string of the molecule is NC(=O)CC1CCN(C(=O)c2cn(-c3ccc(Cl)cc3)nn2)CC1. The summed E-state index contributed by atoms with van der Waals surface area (Å²) in [6, 6.07) is 7.12. The van der Waals surface area contributed by atoms with Gasteiger partial charge in [0.2, 0.25) is 5.91 Å². The fourth-order valence-electron chi connectivity index (χ4n) is 2.87. The third-order valence-electron chi connectivity index (χ3n) is 4.20. The van der Waals surface area contributed by atoms with Crippen molar-refractivity contribution >= 4 is 23.4 Å². The van der Waals surface area contributed by atoms with Crippen LogP contribution in [0.2, 0.25) is 5.02 Å². The number of primary amides is 1. The van der Waals surface area contributed by atoms with E-state index in [9.17, 15) is 9.59 Å². The van der Waals surface area contributed by atoms with Crippen LogP contribution < -0.4 is 5.73 Å². The summed E-state index contributed by atoms with van der Waals surface area (Å²) in [5.41, 5.74) is 6.31. The number of hydrogen-bond donors (Lipinski definition) is 1. The molecule has 1 aliphatic heterocycles. The first kappa shape index (κ1) is 16.4. The van der Waals surface area contributed by atoms with Crippen LogP contribution >= 0.6 is 11.6 Å². The molecule has 3 rings (SSSR count). The fourth-order valence-corrected chi connectivity index (χ4v) is 2.99. The first-order chi connectivity index (χ1) is 11.5. The summed E-state index contributed by atoms with van der Waals surface area (Å²) in [5, 5.41) is 8.61. The molecule has 2 heterocycles. The lowest BCUT2D eigenvalue weighted by Gasteiger charge is -2.30. The smallest absolute Gasteiger partial charge is 0.276 e. The van der Waals surface area contributed by atoms with Gasteiger partial charge in [0.15, 0.2) is 5.69 Å². The van der Waals surface area contributed by atoms with Crippen LogP contribution in [-0.4, -0.2) is 44.8 Å². The van der Waals surface area contributed by atoms with Crippen molar-refractivity contribution in [3.05, 3.63) is 41.2 Å². The summed E-state index contributed by atoms with van der Waals surface area (Å²) in [4.78, 5) is 25.2. The van der Waals surface area contributed by atoms with Crippen molar-refractivity contribution in [1.82, 2.24) is 19.9 Å². The number of piperidine rings is 1. The first-order valence-corrected chi connectivity index (χ1v) is 8.16. The molecule has 0 unspecified atom stereocenters. The zero-order chi connectivity index (χ0) is 17.1.